The molecule has 1 aliphatic heterocycles. The molecule has 0 bridgehead atoms. The van der Waals surface area contributed by atoms with E-state index in [9.17, 15) is 0 Å². The van der Waals surface area contributed by atoms with Crippen LogP contribution >= 0.6 is 17.0 Å². The predicted molar refractivity (Wildman–Crippen MR) is 177 cm³/mol. The Morgan fingerprint density at radius 3 is 2.25 bits per heavy atom. The molecule has 0 radical (unpaired) electrons. The van der Waals surface area contributed by atoms with Gasteiger partial charge in [0.15, 0.2) is 0 Å². The number of hydrogen-bond acceptors (Lipinski definition) is 0. The Morgan fingerprint density at radius 1 is 0.825 bits per heavy atom. The molecule has 0 saturated heterocycles. The van der Waals surface area contributed by atoms with Crippen molar-refractivity contribution in [3.63, 3.8) is 0 Å². The van der Waals surface area contributed by atoms with E-state index in [-0.39, 0.29) is 9.04 Å². The molecule has 0 spiro atoms. The quantitative estimate of drug-likeness (QED) is 0.160. The summed E-state index contributed by atoms with van der Waals surface area (Å²) >= 11 is -3.99. The van der Waals surface area contributed by atoms with Gasteiger partial charge in [0.1, 0.15) is 0 Å². The summed E-state index contributed by atoms with van der Waals surface area (Å²) in [7, 11) is 15.2. The van der Waals surface area contributed by atoms with Crippen molar-refractivity contribution in [2.45, 2.75) is 62.9 Å². The van der Waals surface area contributed by atoms with Gasteiger partial charge in [-0.05, 0) is 0 Å². The van der Waals surface area contributed by atoms with Gasteiger partial charge < -0.3 is 0 Å². The van der Waals surface area contributed by atoms with Gasteiger partial charge in [-0.3, -0.25) is 0 Å². The van der Waals surface area contributed by atoms with Gasteiger partial charge in [-0.1, -0.05) is 0 Å². The van der Waals surface area contributed by atoms with Crippen molar-refractivity contribution >= 4 is 46.3 Å². The van der Waals surface area contributed by atoms with Crippen LogP contribution in [-0.2, 0) is 23.3 Å². The van der Waals surface area contributed by atoms with Crippen molar-refractivity contribution in [3.8, 4) is 22.3 Å². The molecule has 1 heterocycles. The molecule has 6 rings (SSSR count). The van der Waals surface area contributed by atoms with Crippen LogP contribution in [0.4, 0.5) is 0 Å². The van der Waals surface area contributed by atoms with Gasteiger partial charge in [-0.15, -0.1) is 0 Å². The zero-order valence-electron chi connectivity index (χ0n) is 24.2. The Balaban J connectivity index is 1.57. The van der Waals surface area contributed by atoms with Gasteiger partial charge in [0, 0.05) is 0 Å². The fraction of sp³-hybridized carbons (Fsp3) is 0.278. The normalized spacial score (nSPS) is 16.6. The Bertz CT molecular complexity index is 1640. The Kier molecular flexibility index (Phi) is 7.71. The third-order valence-electron chi connectivity index (χ3n) is 8.90. The first-order valence-electron chi connectivity index (χ1n) is 14.6. The van der Waals surface area contributed by atoms with Crippen LogP contribution in [0.2, 0.25) is 0 Å². The van der Waals surface area contributed by atoms with Crippen LogP contribution in [0.5, 0.6) is 0 Å². The van der Waals surface area contributed by atoms with E-state index in [0.717, 1.165) is 19.3 Å². The number of unbranched alkanes of at least 4 members (excludes halogenated alkanes) is 1. The molecule has 0 aromatic heterocycles. The average molecular weight is 661 g/mol. The van der Waals surface area contributed by atoms with Crippen LogP contribution < -0.4 is 13.6 Å². The van der Waals surface area contributed by atoms with Crippen molar-refractivity contribution < 1.29 is 17.9 Å². The van der Waals surface area contributed by atoms with Crippen molar-refractivity contribution in [3.05, 3.63) is 107 Å². The van der Waals surface area contributed by atoms with Crippen molar-refractivity contribution in [2.24, 2.45) is 0 Å². The van der Waals surface area contributed by atoms with E-state index in [0.29, 0.717) is 0 Å². The van der Waals surface area contributed by atoms with Gasteiger partial charge >= 0.3 is 256 Å². The molecular formula is C36H38Cl2SiZr. The molecule has 0 fully saturated rings. The Labute approximate surface area is 254 Å². The standard InChI is InChI=1S/C24H29.C12H9Si.2ClH.Zr/c1-6-7-11-18-15-19-13-14-22(24(3,4)5)23(21(19)16-18)20-12-9-8-10-17(20)2;1-3-7-11-9(5-1)10-6-2-4-8-12(10)13-11;;;/h8-10,12-16H,6-7,11H2,1-5H3;1-7H,13H2;2*1H;/q;;;;+2/p-2. The fourth-order valence-corrected chi connectivity index (χ4v) is 23.8. The summed E-state index contributed by atoms with van der Waals surface area (Å²) in [5.74, 6) is 0. The third kappa shape index (κ3) is 4.78. The number of allylic oxidation sites excluding steroid dienone is 1. The van der Waals surface area contributed by atoms with Crippen LogP contribution in [-0.4, -0.2) is 9.52 Å². The molecule has 0 saturated carbocycles. The van der Waals surface area contributed by atoms with E-state index >= 15 is 0 Å². The minimum absolute atomic E-state index is 0.0160. The van der Waals surface area contributed by atoms with Crippen molar-refractivity contribution in [1.29, 1.82) is 0 Å². The van der Waals surface area contributed by atoms with Crippen LogP contribution in [0.1, 0.15) is 72.8 Å². The second-order valence-corrected chi connectivity index (χ2v) is 28.4. The topological polar surface area (TPSA) is 0 Å². The summed E-state index contributed by atoms with van der Waals surface area (Å²) in [4.78, 5) is 0. The summed E-state index contributed by atoms with van der Waals surface area (Å²) in [6.07, 6.45) is 5.87. The molecule has 1 aliphatic carbocycles. The van der Waals surface area contributed by atoms with Crippen molar-refractivity contribution in [2.75, 3.05) is 0 Å². The zero-order chi connectivity index (χ0) is 28.2. The molecule has 4 aromatic carbocycles. The van der Waals surface area contributed by atoms with Crippen LogP contribution in [0.25, 0.3) is 28.3 Å². The minimum atomic E-state index is -3.99. The molecular weight excluding hydrogens is 623 g/mol. The van der Waals surface area contributed by atoms with E-state index in [4.69, 9.17) is 17.0 Å². The molecule has 204 valence electrons. The first-order chi connectivity index (χ1) is 19.1. The SMILES string of the molecule is CCCCC1=Cc2c(ccc(C(C)(C)C)c2-c2ccccc2C)[CH]1[Zr]([Cl])([Cl])[c]1cccc2c1[SiH2]c1ccccc1-2. The Morgan fingerprint density at radius 2 is 1.52 bits per heavy atom. The maximum absolute atomic E-state index is 7.91. The predicted octanol–water partition coefficient (Wildman–Crippen LogP) is 8.47. The first-order valence-corrected chi connectivity index (χ1v) is 25.0. The molecule has 1 unspecified atom stereocenters. The molecule has 40 heavy (non-hydrogen) atoms. The summed E-state index contributed by atoms with van der Waals surface area (Å²) in [5, 5.41) is 3.02. The summed E-state index contributed by atoms with van der Waals surface area (Å²) < 4.78 is 1.44. The number of aryl methyl sites for hydroxylation is 1. The molecule has 4 aromatic rings. The average Bonchev–Trinajstić information content (AvgIpc) is 3.50. The van der Waals surface area contributed by atoms with Crippen molar-refractivity contribution in [1.82, 2.24) is 0 Å². The molecule has 0 nitrogen and oxygen atoms in total. The molecule has 2 aliphatic rings. The van der Waals surface area contributed by atoms with Gasteiger partial charge in [0.2, 0.25) is 0 Å². The second kappa shape index (κ2) is 10.9. The van der Waals surface area contributed by atoms with E-state index in [1.54, 1.807) is 0 Å². The maximum atomic E-state index is 7.91. The molecule has 0 amide bonds. The van der Waals surface area contributed by atoms with E-state index in [1.807, 2.05) is 0 Å². The summed E-state index contributed by atoms with van der Waals surface area (Å²) in [6.45, 7) is 11.5. The number of fused-ring (bicyclic) bond motifs is 4. The number of rotatable bonds is 6. The van der Waals surface area contributed by atoms with E-state index in [2.05, 4.69) is 120 Å². The number of halogens is 2. The third-order valence-corrected chi connectivity index (χ3v) is 23.3. The Hall–Kier alpha value is -1.70. The monoisotopic (exact) mass is 658 g/mol. The van der Waals surface area contributed by atoms with E-state index in [1.165, 1.54) is 63.7 Å². The first kappa shape index (κ1) is 28.4. The van der Waals surface area contributed by atoms with Crippen LogP contribution in [0.3, 0.4) is 0 Å². The molecule has 1 atom stereocenters. The fourth-order valence-electron chi connectivity index (χ4n) is 6.93. The van der Waals surface area contributed by atoms with Gasteiger partial charge in [0.05, 0.1) is 0 Å². The zero-order valence-corrected chi connectivity index (χ0v) is 29.6. The van der Waals surface area contributed by atoms with Gasteiger partial charge in [-0.2, -0.15) is 0 Å². The molecule has 4 heteroatoms. The van der Waals surface area contributed by atoms with Crippen LogP contribution in [0, 0.1) is 6.92 Å². The van der Waals surface area contributed by atoms with Gasteiger partial charge in [-0.25, -0.2) is 0 Å². The molecule has 0 N–H and O–H groups in total. The number of hydrogen-bond donors (Lipinski definition) is 0. The summed E-state index contributed by atoms with van der Waals surface area (Å²) in [5.41, 5.74) is 12.3. The second-order valence-electron chi connectivity index (χ2n) is 12.6. The van der Waals surface area contributed by atoms with Gasteiger partial charge in [0.25, 0.3) is 0 Å². The van der Waals surface area contributed by atoms with E-state index < -0.39 is 27.4 Å². The number of benzene rings is 4. The van der Waals surface area contributed by atoms with Crippen LogP contribution in [0.15, 0.2) is 84.4 Å². The summed E-state index contributed by atoms with van der Waals surface area (Å²) in [6, 6.07) is 29.3.